The molecule has 3 rings (SSSR count). The molecule has 3 aromatic heterocycles. The maximum Gasteiger partial charge on any atom is 0.139 e. The van der Waals surface area contributed by atoms with E-state index in [-0.39, 0.29) is 0 Å². The third kappa shape index (κ3) is 3.59. The van der Waals surface area contributed by atoms with Crippen LogP contribution in [-0.4, -0.2) is 39.1 Å². The van der Waals surface area contributed by atoms with E-state index in [0.29, 0.717) is 18.1 Å². The molecular formula is C15H22N6OSi. The van der Waals surface area contributed by atoms with E-state index in [4.69, 9.17) is 10.5 Å². The Bertz CT molecular complexity index is 804. The highest BCUT2D eigenvalue weighted by atomic mass is 28.3. The average molecular weight is 330 g/mol. The Labute approximate surface area is 136 Å². The number of ether oxygens (including phenoxy) is 1. The van der Waals surface area contributed by atoms with Gasteiger partial charge in [0.2, 0.25) is 0 Å². The van der Waals surface area contributed by atoms with Crippen LogP contribution in [0.25, 0.3) is 16.8 Å². The maximum absolute atomic E-state index is 6.11. The first kappa shape index (κ1) is 15.7. The van der Waals surface area contributed by atoms with Gasteiger partial charge in [0.1, 0.15) is 12.4 Å². The largest absolute Gasteiger partial charge is 0.396 e. The topological polar surface area (TPSA) is 83.3 Å². The molecule has 0 unspecified atom stereocenters. The zero-order chi connectivity index (χ0) is 16.4. The van der Waals surface area contributed by atoms with E-state index < -0.39 is 8.07 Å². The molecule has 23 heavy (non-hydrogen) atoms. The number of rotatable bonds is 6. The van der Waals surface area contributed by atoms with Crippen molar-refractivity contribution in [2.24, 2.45) is 0 Å². The van der Waals surface area contributed by atoms with Gasteiger partial charge in [-0.1, -0.05) is 19.6 Å². The molecule has 2 N–H and O–H groups in total. The van der Waals surface area contributed by atoms with Crippen molar-refractivity contribution in [2.75, 3.05) is 12.3 Å². The molecule has 0 aliphatic carbocycles. The van der Waals surface area contributed by atoms with Crippen molar-refractivity contribution in [3.8, 4) is 11.3 Å². The van der Waals surface area contributed by atoms with E-state index in [1.807, 2.05) is 0 Å². The first-order chi connectivity index (χ1) is 10.9. The molecule has 0 aliphatic rings. The van der Waals surface area contributed by atoms with Crippen molar-refractivity contribution in [1.82, 2.24) is 24.4 Å². The summed E-state index contributed by atoms with van der Waals surface area (Å²) in [7, 11) is -1.07. The van der Waals surface area contributed by atoms with Crippen molar-refractivity contribution in [2.45, 2.75) is 32.4 Å². The molecule has 0 atom stereocenters. The van der Waals surface area contributed by atoms with E-state index in [0.717, 1.165) is 23.7 Å². The number of nitrogens with zero attached hydrogens (tertiary/aromatic N) is 5. The second-order valence-electron chi connectivity index (χ2n) is 6.78. The summed E-state index contributed by atoms with van der Waals surface area (Å²) in [5.74, 6) is 0. The number of nitrogens with two attached hydrogens (primary N) is 1. The van der Waals surface area contributed by atoms with E-state index in [2.05, 4.69) is 34.8 Å². The molecule has 0 spiro atoms. The van der Waals surface area contributed by atoms with Gasteiger partial charge in [0, 0.05) is 27.1 Å². The molecule has 0 saturated carbocycles. The molecule has 122 valence electrons. The summed E-state index contributed by atoms with van der Waals surface area (Å²) in [4.78, 5) is 4.13. The fourth-order valence-corrected chi connectivity index (χ4v) is 3.02. The van der Waals surface area contributed by atoms with Crippen LogP contribution in [0.5, 0.6) is 0 Å². The van der Waals surface area contributed by atoms with Gasteiger partial charge in [0.05, 0.1) is 35.4 Å². The first-order valence-electron chi connectivity index (χ1n) is 7.62. The Kier molecular flexibility index (Phi) is 4.18. The van der Waals surface area contributed by atoms with Gasteiger partial charge in [-0.3, -0.25) is 4.98 Å². The summed E-state index contributed by atoms with van der Waals surface area (Å²) >= 11 is 0. The van der Waals surface area contributed by atoms with Crippen molar-refractivity contribution < 1.29 is 4.74 Å². The molecule has 3 heterocycles. The number of hydrogen-bond acceptors (Lipinski definition) is 5. The van der Waals surface area contributed by atoms with Crippen molar-refractivity contribution in [1.29, 1.82) is 0 Å². The average Bonchev–Trinajstić information content (AvgIpc) is 3.06. The lowest BCUT2D eigenvalue weighted by molar-refractivity contribution is 0.0788. The molecule has 0 aromatic carbocycles. The van der Waals surface area contributed by atoms with Crippen LogP contribution in [0, 0.1) is 0 Å². The quantitative estimate of drug-likeness (QED) is 0.554. The fourth-order valence-electron chi connectivity index (χ4n) is 2.27. The Morgan fingerprint density at radius 3 is 2.87 bits per heavy atom. The predicted octanol–water partition coefficient (Wildman–Crippen LogP) is 2.49. The van der Waals surface area contributed by atoms with Crippen LogP contribution in [0.1, 0.15) is 0 Å². The summed E-state index contributed by atoms with van der Waals surface area (Å²) in [6.07, 6.45) is 8.80. The number of hydrogen-bond donors (Lipinski definition) is 1. The summed E-state index contributed by atoms with van der Waals surface area (Å²) in [6.45, 7) is 8.16. The fraction of sp³-hybridized carbons (Fsp3) is 0.400. The number of aromatic nitrogens is 5. The molecule has 0 radical (unpaired) electrons. The molecule has 0 fully saturated rings. The van der Waals surface area contributed by atoms with Crippen LogP contribution in [-0.2, 0) is 11.5 Å². The summed E-state index contributed by atoms with van der Waals surface area (Å²) < 4.78 is 9.20. The summed E-state index contributed by atoms with van der Waals surface area (Å²) in [5, 5.41) is 8.83. The van der Waals surface area contributed by atoms with Gasteiger partial charge in [0.25, 0.3) is 0 Å². The second kappa shape index (κ2) is 6.13. The molecule has 8 heteroatoms. The van der Waals surface area contributed by atoms with Gasteiger partial charge in [0.15, 0.2) is 0 Å². The Hall–Kier alpha value is -2.19. The van der Waals surface area contributed by atoms with Gasteiger partial charge in [-0.2, -0.15) is 10.2 Å². The van der Waals surface area contributed by atoms with Gasteiger partial charge in [-0.15, -0.1) is 0 Å². The Morgan fingerprint density at radius 2 is 2.09 bits per heavy atom. The Balaban J connectivity index is 1.74. The van der Waals surface area contributed by atoms with Crippen LogP contribution >= 0.6 is 0 Å². The van der Waals surface area contributed by atoms with E-state index in [9.17, 15) is 0 Å². The molecule has 7 nitrogen and oxygen atoms in total. The van der Waals surface area contributed by atoms with E-state index in [1.165, 1.54) is 0 Å². The molecular weight excluding hydrogens is 308 g/mol. The van der Waals surface area contributed by atoms with Crippen LogP contribution < -0.4 is 5.73 Å². The maximum atomic E-state index is 6.11. The molecule has 0 aliphatic heterocycles. The third-order valence-corrected chi connectivity index (χ3v) is 5.29. The van der Waals surface area contributed by atoms with Crippen LogP contribution in [0.4, 0.5) is 5.69 Å². The third-order valence-electron chi connectivity index (χ3n) is 3.59. The molecule has 0 bridgehead atoms. The summed E-state index contributed by atoms with van der Waals surface area (Å²) in [5.41, 5.74) is 9.18. The minimum atomic E-state index is -1.07. The zero-order valence-electron chi connectivity index (χ0n) is 13.7. The van der Waals surface area contributed by atoms with Gasteiger partial charge in [-0.05, 0) is 6.04 Å². The number of fused-ring (bicyclic) bond motifs is 1. The SMILES string of the molecule is C[Si](C)(C)CCOCn1cc(N)c(-c2cnn3ccncc23)n1. The van der Waals surface area contributed by atoms with E-state index >= 15 is 0 Å². The smallest absolute Gasteiger partial charge is 0.139 e. The molecule has 0 amide bonds. The lowest BCUT2D eigenvalue weighted by atomic mass is 10.2. The van der Waals surface area contributed by atoms with Gasteiger partial charge >= 0.3 is 0 Å². The molecule has 3 aromatic rings. The number of anilines is 1. The standard InChI is InChI=1S/C15H22N6OSi/c1-23(2,3)7-6-22-11-20-10-13(16)15(19-20)12-8-18-21-5-4-17-9-14(12)21/h4-5,8-10H,6-7,11,16H2,1-3H3. The van der Waals surface area contributed by atoms with Crippen molar-refractivity contribution in [3.63, 3.8) is 0 Å². The highest BCUT2D eigenvalue weighted by Gasteiger charge is 2.15. The monoisotopic (exact) mass is 330 g/mol. The Morgan fingerprint density at radius 1 is 1.26 bits per heavy atom. The first-order valence-corrected chi connectivity index (χ1v) is 11.3. The second-order valence-corrected chi connectivity index (χ2v) is 12.4. The lowest BCUT2D eigenvalue weighted by Gasteiger charge is -2.15. The lowest BCUT2D eigenvalue weighted by Crippen LogP contribution is -2.22. The van der Waals surface area contributed by atoms with Crippen molar-refractivity contribution in [3.05, 3.63) is 31.0 Å². The summed E-state index contributed by atoms with van der Waals surface area (Å²) in [6, 6.07) is 1.14. The van der Waals surface area contributed by atoms with Crippen LogP contribution in [0.2, 0.25) is 25.7 Å². The van der Waals surface area contributed by atoms with Gasteiger partial charge < -0.3 is 10.5 Å². The minimum Gasteiger partial charge on any atom is -0.396 e. The van der Waals surface area contributed by atoms with Gasteiger partial charge in [-0.25, -0.2) is 9.20 Å². The highest BCUT2D eigenvalue weighted by Crippen LogP contribution is 2.27. The zero-order valence-corrected chi connectivity index (χ0v) is 14.7. The minimum absolute atomic E-state index is 0.409. The molecule has 0 saturated heterocycles. The highest BCUT2D eigenvalue weighted by molar-refractivity contribution is 6.76. The normalized spacial score (nSPS) is 12.1. The van der Waals surface area contributed by atoms with Crippen LogP contribution in [0.15, 0.2) is 31.0 Å². The number of nitrogen functional groups attached to an aromatic ring is 1. The predicted molar refractivity (Wildman–Crippen MR) is 92.7 cm³/mol. The van der Waals surface area contributed by atoms with Crippen LogP contribution in [0.3, 0.4) is 0 Å². The van der Waals surface area contributed by atoms with Crippen molar-refractivity contribution >= 4 is 19.3 Å². The van der Waals surface area contributed by atoms with E-state index in [1.54, 1.807) is 40.2 Å².